The zero-order valence-corrected chi connectivity index (χ0v) is 23.2. The van der Waals surface area contributed by atoms with Gasteiger partial charge in [-0.1, -0.05) is 6.92 Å². The van der Waals surface area contributed by atoms with Crippen LogP contribution in [0.15, 0.2) is 47.8 Å². The maximum absolute atomic E-state index is 14.8. The number of fused-ring (bicyclic) bond motifs is 3. The zero-order valence-electron chi connectivity index (χ0n) is 22.4. The van der Waals surface area contributed by atoms with Gasteiger partial charge in [0.2, 0.25) is 0 Å². The summed E-state index contributed by atoms with van der Waals surface area (Å²) in [6.07, 6.45) is 1.29. The molecule has 0 radical (unpaired) electrons. The molecule has 5 N–H and O–H groups in total. The third-order valence-corrected chi connectivity index (χ3v) is 7.74. The maximum atomic E-state index is 14.8. The lowest BCUT2D eigenvalue weighted by Crippen LogP contribution is -2.25. The van der Waals surface area contributed by atoms with Crippen LogP contribution in [0.25, 0.3) is 21.6 Å². The van der Waals surface area contributed by atoms with Crippen molar-refractivity contribution >= 4 is 34.8 Å². The van der Waals surface area contributed by atoms with Crippen LogP contribution in [0, 0.1) is 11.6 Å². The van der Waals surface area contributed by atoms with Gasteiger partial charge in [-0.2, -0.15) is 0 Å². The molecular weight excluding hydrogens is 566 g/mol. The summed E-state index contributed by atoms with van der Waals surface area (Å²) in [7, 11) is 0. The molecule has 216 valence electrons. The highest BCUT2D eigenvalue weighted by molar-refractivity contribution is 7.13. The molecule has 9 nitrogen and oxygen atoms in total. The lowest BCUT2D eigenvalue weighted by atomic mass is 9.93. The van der Waals surface area contributed by atoms with Gasteiger partial charge in [0.15, 0.2) is 5.69 Å². The van der Waals surface area contributed by atoms with E-state index in [0.29, 0.717) is 37.3 Å². The number of anilines is 1. The van der Waals surface area contributed by atoms with Crippen LogP contribution in [-0.4, -0.2) is 41.0 Å². The van der Waals surface area contributed by atoms with Crippen molar-refractivity contribution in [3.63, 3.8) is 0 Å². The van der Waals surface area contributed by atoms with Crippen LogP contribution in [0.3, 0.4) is 0 Å². The van der Waals surface area contributed by atoms with Crippen LogP contribution in [0.4, 0.5) is 14.5 Å². The number of hydrogen-bond acceptors (Lipinski definition) is 7. The Hall–Kier alpha value is -4.68. The maximum Gasteiger partial charge on any atom is 0.355 e. The molecule has 2 amide bonds. The second kappa shape index (κ2) is 12.0. The van der Waals surface area contributed by atoms with E-state index in [0.717, 1.165) is 22.6 Å². The number of nitrogens with zero attached hydrogens (tertiary/aromatic N) is 1. The molecule has 0 fully saturated rings. The fourth-order valence-corrected chi connectivity index (χ4v) is 5.63. The Kier molecular flexibility index (Phi) is 8.27. The fraction of sp³-hybridized carbons (Fsp3) is 0.200. The van der Waals surface area contributed by atoms with Gasteiger partial charge in [0.1, 0.15) is 23.1 Å². The molecule has 0 unspecified atom stereocenters. The van der Waals surface area contributed by atoms with E-state index >= 15 is 0 Å². The Morgan fingerprint density at radius 3 is 2.60 bits per heavy atom. The Balaban J connectivity index is 1.67. The number of aromatic nitrogens is 1. The van der Waals surface area contributed by atoms with Crippen LogP contribution in [0.5, 0.6) is 5.75 Å². The van der Waals surface area contributed by atoms with Gasteiger partial charge in [0, 0.05) is 58.3 Å². The molecule has 1 aliphatic rings. The molecule has 0 aliphatic carbocycles. The summed E-state index contributed by atoms with van der Waals surface area (Å²) in [5, 5.41) is 17.0. The number of benzene rings is 2. The smallest absolute Gasteiger partial charge is 0.355 e. The summed E-state index contributed by atoms with van der Waals surface area (Å²) in [6, 6.07) is 9.53. The SMILES string of the molecule is CCCNC(=O)c1ccc(-c2cc3c(cc2C(=O)Nc2cc(F)c(CN)cc2F)-c2sccc2CCO3)c(C(=O)O)n1. The molecule has 5 rings (SSSR count). The first-order chi connectivity index (χ1) is 20.2. The number of ether oxygens (including phenoxy) is 1. The third-order valence-electron chi connectivity index (χ3n) is 6.75. The predicted octanol–water partition coefficient (Wildman–Crippen LogP) is 5.24. The second-order valence-electron chi connectivity index (χ2n) is 9.50. The van der Waals surface area contributed by atoms with Gasteiger partial charge in [0.05, 0.1) is 12.3 Å². The number of carbonyl (C=O) groups is 3. The molecule has 3 heterocycles. The summed E-state index contributed by atoms with van der Waals surface area (Å²) in [4.78, 5) is 43.5. The lowest BCUT2D eigenvalue weighted by Gasteiger charge is -2.17. The normalized spacial score (nSPS) is 12.0. The number of thiophene rings is 1. The van der Waals surface area contributed by atoms with E-state index in [-0.39, 0.29) is 34.5 Å². The molecule has 0 saturated heterocycles. The number of nitrogens with two attached hydrogens (primary N) is 1. The molecule has 0 spiro atoms. The fourth-order valence-electron chi connectivity index (χ4n) is 4.65. The Morgan fingerprint density at radius 1 is 1.05 bits per heavy atom. The van der Waals surface area contributed by atoms with Crippen molar-refractivity contribution in [3.05, 3.63) is 87.6 Å². The van der Waals surface area contributed by atoms with Crippen molar-refractivity contribution in [1.82, 2.24) is 10.3 Å². The Bertz CT molecular complexity index is 1720. The number of amides is 2. The van der Waals surface area contributed by atoms with Gasteiger partial charge in [-0.3, -0.25) is 9.59 Å². The summed E-state index contributed by atoms with van der Waals surface area (Å²) in [5.74, 6) is -4.06. The van der Waals surface area contributed by atoms with Gasteiger partial charge < -0.3 is 26.2 Å². The minimum atomic E-state index is -1.43. The monoisotopic (exact) mass is 592 g/mol. The van der Waals surface area contributed by atoms with E-state index in [2.05, 4.69) is 15.6 Å². The first kappa shape index (κ1) is 28.8. The molecule has 2 aromatic heterocycles. The van der Waals surface area contributed by atoms with Crippen LogP contribution < -0.4 is 21.1 Å². The highest BCUT2D eigenvalue weighted by Gasteiger charge is 2.27. The summed E-state index contributed by atoms with van der Waals surface area (Å²) >= 11 is 1.45. The van der Waals surface area contributed by atoms with E-state index in [1.807, 2.05) is 18.4 Å². The van der Waals surface area contributed by atoms with Crippen molar-refractivity contribution in [3.8, 4) is 27.3 Å². The average Bonchev–Trinajstić information content (AvgIpc) is 3.38. The molecule has 0 atom stereocenters. The number of aromatic carboxylic acids is 1. The molecule has 0 saturated carbocycles. The van der Waals surface area contributed by atoms with E-state index < -0.39 is 40.8 Å². The molecule has 4 aromatic rings. The van der Waals surface area contributed by atoms with Gasteiger partial charge >= 0.3 is 5.97 Å². The van der Waals surface area contributed by atoms with E-state index in [9.17, 15) is 28.3 Å². The van der Waals surface area contributed by atoms with Crippen LogP contribution in [-0.2, 0) is 13.0 Å². The van der Waals surface area contributed by atoms with Crippen LogP contribution in [0.2, 0.25) is 0 Å². The molecule has 12 heteroatoms. The van der Waals surface area contributed by atoms with E-state index in [1.54, 1.807) is 0 Å². The molecule has 2 aromatic carbocycles. The highest BCUT2D eigenvalue weighted by atomic mass is 32.1. The zero-order chi connectivity index (χ0) is 30.0. The van der Waals surface area contributed by atoms with Crippen molar-refractivity contribution < 1.29 is 33.0 Å². The number of carboxylic acids is 1. The van der Waals surface area contributed by atoms with Crippen molar-refractivity contribution in [2.75, 3.05) is 18.5 Å². The predicted molar refractivity (Wildman–Crippen MR) is 154 cm³/mol. The van der Waals surface area contributed by atoms with Crippen molar-refractivity contribution in [2.24, 2.45) is 5.73 Å². The van der Waals surface area contributed by atoms with Gasteiger partial charge in [-0.15, -0.1) is 11.3 Å². The molecule has 42 heavy (non-hydrogen) atoms. The number of rotatable bonds is 8. The first-order valence-corrected chi connectivity index (χ1v) is 14.0. The largest absolute Gasteiger partial charge is 0.493 e. The van der Waals surface area contributed by atoms with Gasteiger partial charge in [-0.25, -0.2) is 18.6 Å². The minimum Gasteiger partial charge on any atom is -0.493 e. The standard InChI is InChI=1S/C30H26F2N4O5S/c1-2-7-34-29(38)23-4-3-17(26(35-23)30(39)40)18-12-25-20(27-15(5-8-41-25)6-9-42-27)11-19(18)28(37)36-24-13-21(31)16(14-33)10-22(24)32/h3-4,6,9-13H,2,5,7-8,14,33H2,1H3,(H,34,38)(H,36,37)(H,39,40). The summed E-state index contributed by atoms with van der Waals surface area (Å²) in [5.41, 5.74) is 6.14. The minimum absolute atomic E-state index is 0.0335. The number of hydrogen-bond donors (Lipinski definition) is 4. The van der Waals surface area contributed by atoms with Crippen LogP contribution in [0.1, 0.15) is 55.8 Å². The second-order valence-corrected chi connectivity index (χ2v) is 10.4. The molecule has 1 aliphatic heterocycles. The first-order valence-electron chi connectivity index (χ1n) is 13.1. The number of nitrogens with one attached hydrogen (secondary N) is 2. The Labute approximate surface area is 243 Å². The quantitative estimate of drug-likeness (QED) is 0.219. The third kappa shape index (κ3) is 5.58. The van der Waals surface area contributed by atoms with Gasteiger partial charge in [0.25, 0.3) is 11.8 Å². The van der Waals surface area contributed by atoms with Crippen molar-refractivity contribution in [2.45, 2.75) is 26.3 Å². The highest BCUT2D eigenvalue weighted by Crippen LogP contribution is 2.43. The summed E-state index contributed by atoms with van der Waals surface area (Å²) in [6.45, 7) is 2.37. The average molecular weight is 593 g/mol. The number of halogens is 2. The van der Waals surface area contributed by atoms with E-state index in [4.69, 9.17) is 10.5 Å². The Morgan fingerprint density at radius 2 is 1.86 bits per heavy atom. The molecular formula is C30H26F2N4O5S. The number of pyridine rings is 1. The van der Waals surface area contributed by atoms with Crippen molar-refractivity contribution in [1.29, 1.82) is 0 Å². The van der Waals surface area contributed by atoms with E-state index in [1.165, 1.54) is 35.6 Å². The van der Waals surface area contributed by atoms with Gasteiger partial charge in [-0.05, 0) is 53.8 Å². The topological polar surface area (TPSA) is 144 Å². The molecule has 0 bridgehead atoms. The lowest BCUT2D eigenvalue weighted by molar-refractivity contribution is 0.0691. The number of carbonyl (C=O) groups excluding carboxylic acids is 2. The number of carboxylic acid groups (broad SMARTS) is 1. The van der Waals surface area contributed by atoms with Crippen LogP contribution >= 0.6 is 11.3 Å². The summed E-state index contributed by atoms with van der Waals surface area (Å²) < 4.78 is 35.2.